The average Bonchev–Trinajstić information content (AvgIpc) is 2.27. The van der Waals surface area contributed by atoms with Crippen molar-refractivity contribution in [3.63, 3.8) is 0 Å². The number of carbonyl (C=O) groups excluding carboxylic acids is 1. The maximum atomic E-state index is 11.3. The molecule has 0 spiro atoms. The number of carbonyl (C=O) groups is 1. The van der Waals surface area contributed by atoms with Crippen LogP contribution >= 0.6 is 0 Å². The van der Waals surface area contributed by atoms with E-state index >= 15 is 0 Å². The highest BCUT2D eigenvalue weighted by Gasteiger charge is 2.15. The van der Waals surface area contributed by atoms with Crippen LogP contribution in [0.3, 0.4) is 0 Å². The third-order valence-electron chi connectivity index (χ3n) is 1.44. The molecule has 82 valence electrons. The fourth-order valence-electron chi connectivity index (χ4n) is 0.769. The van der Waals surface area contributed by atoms with Crippen LogP contribution in [-0.4, -0.2) is 26.0 Å². The molecule has 0 fully saturated rings. The van der Waals surface area contributed by atoms with Crippen molar-refractivity contribution in [2.24, 2.45) is 0 Å². The van der Waals surface area contributed by atoms with E-state index in [1.54, 1.807) is 11.5 Å². The van der Waals surface area contributed by atoms with E-state index in [1.807, 2.05) is 0 Å². The largest absolute Gasteiger partial charge is 0.386 e. The molecule has 0 aliphatic rings. The maximum absolute atomic E-state index is 11.3. The Labute approximate surface area is 86.6 Å². The number of aliphatic hydroxyl groups is 1. The Morgan fingerprint density at radius 2 is 1.93 bits per heavy atom. The molecular formula is C8H9NO5S. The number of benzene rings is 1. The van der Waals surface area contributed by atoms with Crippen LogP contribution in [0.25, 0.3) is 0 Å². The van der Waals surface area contributed by atoms with Gasteiger partial charge in [-0.3, -0.25) is 4.79 Å². The molecule has 15 heavy (non-hydrogen) atoms. The smallest absolute Gasteiger partial charge is 0.317 e. The zero-order chi connectivity index (χ0) is 11.3. The second-order valence-electron chi connectivity index (χ2n) is 2.53. The molecule has 0 aromatic heterocycles. The van der Waals surface area contributed by atoms with E-state index in [4.69, 9.17) is 5.11 Å². The Morgan fingerprint density at radius 3 is 2.47 bits per heavy atom. The number of hydroxylamine groups is 1. The summed E-state index contributed by atoms with van der Waals surface area (Å²) >= 11 is 0. The minimum absolute atomic E-state index is 0.0803. The lowest BCUT2D eigenvalue weighted by molar-refractivity contribution is -0.130. The van der Waals surface area contributed by atoms with Gasteiger partial charge in [-0.05, 0) is 12.1 Å². The van der Waals surface area contributed by atoms with Crippen LogP contribution in [0.5, 0.6) is 0 Å². The second kappa shape index (κ2) is 4.87. The molecule has 1 aromatic carbocycles. The van der Waals surface area contributed by atoms with Gasteiger partial charge < -0.3 is 5.11 Å². The lowest BCUT2D eigenvalue weighted by Crippen LogP contribution is -2.29. The van der Waals surface area contributed by atoms with Crippen molar-refractivity contribution in [2.75, 3.05) is 6.61 Å². The van der Waals surface area contributed by atoms with Gasteiger partial charge in [0.15, 0.2) is 0 Å². The van der Waals surface area contributed by atoms with Crippen molar-refractivity contribution in [1.82, 2.24) is 5.48 Å². The van der Waals surface area contributed by atoms with Crippen molar-refractivity contribution < 1.29 is 22.6 Å². The summed E-state index contributed by atoms with van der Waals surface area (Å²) < 4.78 is 26.8. The molecule has 2 N–H and O–H groups in total. The SMILES string of the molecule is O=C(CO)NOS(=O)(=O)c1ccccc1. The van der Waals surface area contributed by atoms with Gasteiger partial charge in [-0.25, -0.2) is 5.48 Å². The first kappa shape index (κ1) is 11.6. The van der Waals surface area contributed by atoms with Gasteiger partial charge in [-0.1, -0.05) is 18.2 Å². The van der Waals surface area contributed by atoms with Crippen molar-refractivity contribution in [2.45, 2.75) is 4.90 Å². The van der Waals surface area contributed by atoms with Gasteiger partial charge in [0.2, 0.25) is 0 Å². The fraction of sp³-hybridized carbons (Fsp3) is 0.125. The summed E-state index contributed by atoms with van der Waals surface area (Å²) in [5.74, 6) is -0.936. The Kier molecular flexibility index (Phi) is 3.78. The molecule has 0 unspecified atom stereocenters. The van der Waals surface area contributed by atoms with E-state index in [-0.39, 0.29) is 4.90 Å². The van der Waals surface area contributed by atoms with E-state index in [9.17, 15) is 13.2 Å². The van der Waals surface area contributed by atoms with Gasteiger partial charge >= 0.3 is 10.1 Å². The van der Waals surface area contributed by atoms with E-state index in [0.29, 0.717) is 0 Å². The second-order valence-corrected chi connectivity index (χ2v) is 4.08. The summed E-state index contributed by atoms with van der Waals surface area (Å²) in [7, 11) is -4.01. The van der Waals surface area contributed by atoms with Crippen molar-refractivity contribution >= 4 is 16.0 Å². The average molecular weight is 231 g/mol. The van der Waals surface area contributed by atoms with Gasteiger partial charge in [-0.15, -0.1) is 4.28 Å². The molecule has 0 heterocycles. The zero-order valence-electron chi connectivity index (χ0n) is 7.58. The van der Waals surface area contributed by atoms with Crippen LogP contribution in [0, 0.1) is 0 Å². The van der Waals surface area contributed by atoms with E-state index in [2.05, 4.69) is 4.28 Å². The summed E-state index contributed by atoms with van der Waals surface area (Å²) in [4.78, 5) is 10.5. The first-order valence-corrected chi connectivity index (χ1v) is 5.35. The number of nitrogens with one attached hydrogen (secondary N) is 1. The zero-order valence-corrected chi connectivity index (χ0v) is 8.40. The molecule has 0 saturated heterocycles. The minimum Gasteiger partial charge on any atom is -0.386 e. The molecule has 1 rings (SSSR count). The van der Waals surface area contributed by atoms with Crippen LogP contribution in [0.4, 0.5) is 0 Å². The fourth-order valence-corrected chi connectivity index (χ4v) is 1.56. The van der Waals surface area contributed by atoms with Gasteiger partial charge in [0.05, 0.1) is 4.90 Å². The Morgan fingerprint density at radius 1 is 1.33 bits per heavy atom. The molecule has 0 aliphatic carbocycles. The molecule has 0 aliphatic heterocycles. The van der Waals surface area contributed by atoms with Gasteiger partial charge in [-0.2, -0.15) is 8.42 Å². The normalized spacial score (nSPS) is 11.0. The molecule has 0 bridgehead atoms. The molecule has 0 saturated carbocycles. The molecule has 0 atom stereocenters. The Balaban J connectivity index is 2.73. The standard InChI is InChI=1S/C8H9NO5S/c10-6-8(11)9-14-15(12,13)7-4-2-1-3-5-7/h1-5,10H,6H2,(H,9,11). The quantitative estimate of drug-likeness (QED) is 0.676. The number of rotatable bonds is 4. The highest BCUT2D eigenvalue weighted by Crippen LogP contribution is 2.09. The number of amides is 1. The third kappa shape index (κ3) is 3.31. The predicted octanol–water partition coefficient (Wildman–Crippen LogP) is -0.585. The predicted molar refractivity (Wildman–Crippen MR) is 49.9 cm³/mol. The molecule has 7 heteroatoms. The summed E-state index contributed by atoms with van der Waals surface area (Å²) in [6.07, 6.45) is 0. The van der Waals surface area contributed by atoms with Crippen molar-refractivity contribution in [3.05, 3.63) is 30.3 Å². The Hall–Kier alpha value is -1.44. The van der Waals surface area contributed by atoms with Gasteiger partial charge in [0.25, 0.3) is 5.91 Å². The molecule has 6 nitrogen and oxygen atoms in total. The van der Waals surface area contributed by atoms with Crippen molar-refractivity contribution in [3.8, 4) is 0 Å². The molecule has 1 amide bonds. The maximum Gasteiger partial charge on any atom is 0.317 e. The minimum atomic E-state index is -4.01. The monoisotopic (exact) mass is 231 g/mol. The van der Waals surface area contributed by atoms with Crippen LogP contribution in [0.2, 0.25) is 0 Å². The topological polar surface area (TPSA) is 92.7 Å². The van der Waals surface area contributed by atoms with Crippen LogP contribution in [-0.2, 0) is 19.2 Å². The highest BCUT2D eigenvalue weighted by molar-refractivity contribution is 7.86. The van der Waals surface area contributed by atoms with E-state index in [0.717, 1.165) is 0 Å². The lowest BCUT2D eigenvalue weighted by atomic mass is 10.4. The summed E-state index contributed by atoms with van der Waals surface area (Å²) in [5, 5.41) is 8.32. The Bertz CT molecular complexity index is 428. The van der Waals surface area contributed by atoms with Crippen LogP contribution in [0.1, 0.15) is 0 Å². The number of aliphatic hydroxyl groups excluding tert-OH is 1. The first-order valence-electron chi connectivity index (χ1n) is 3.94. The third-order valence-corrected chi connectivity index (χ3v) is 2.59. The van der Waals surface area contributed by atoms with Crippen LogP contribution < -0.4 is 5.48 Å². The molecule has 1 aromatic rings. The number of hydrogen-bond acceptors (Lipinski definition) is 5. The van der Waals surface area contributed by atoms with Gasteiger partial charge in [0.1, 0.15) is 6.61 Å². The van der Waals surface area contributed by atoms with Crippen LogP contribution in [0.15, 0.2) is 35.2 Å². The van der Waals surface area contributed by atoms with E-state index in [1.165, 1.54) is 24.3 Å². The molecule has 0 radical (unpaired) electrons. The summed E-state index contributed by atoms with van der Waals surface area (Å²) in [6, 6.07) is 7.32. The highest BCUT2D eigenvalue weighted by atomic mass is 32.2. The van der Waals surface area contributed by atoms with Crippen molar-refractivity contribution in [1.29, 1.82) is 0 Å². The van der Waals surface area contributed by atoms with E-state index < -0.39 is 22.6 Å². The lowest BCUT2D eigenvalue weighted by Gasteiger charge is -2.04. The first-order chi connectivity index (χ1) is 7.06. The number of hydrogen-bond donors (Lipinski definition) is 2. The molecular weight excluding hydrogens is 222 g/mol. The van der Waals surface area contributed by atoms with Gasteiger partial charge in [0, 0.05) is 0 Å². The summed E-state index contributed by atoms with van der Waals surface area (Å²) in [6.45, 7) is -0.843. The summed E-state index contributed by atoms with van der Waals surface area (Å²) in [5.41, 5.74) is 1.59.